The fraction of sp³-hybridized carbons (Fsp3) is 0.562. The summed E-state index contributed by atoms with van der Waals surface area (Å²) < 4.78 is 0. The molecule has 3 heteroatoms. The van der Waals surface area contributed by atoms with Crippen LogP contribution in [0.25, 0.3) is 0 Å². The molecule has 104 valence electrons. The Labute approximate surface area is 115 Å². The van der Waals surface area contributed by atoms with E-state index in [1.165, 1.54) is 24.0 Å². The second-order valence-corrected chi connectivity index (χ2v) is 5.40. The predicted octanol–water partition coefficient (Wildman–Crippen LogP) is 2.21. The maximum absolute atomic E-state index is 12.0. The van der Waals surface area contributed by atoms with E-state index in [4.69, 9.17) is 5.73 Å². The van der Waals surface area contributed by atoms with Crippen molar-refractivity contribution in [2.75, 3.05) is 13.1 Å². The Hall–Kier alpha value is -1.35. The van der Waals surface area contributed by atoms with Gasteiger partial charge in [0.15, 0.2) is 0 Å². The summed E-state index contributed by atoms with van der Waals surface area (Å²) in [4.78, 5) is 12.0. The summed E-state index contributed by atoms with van der Waals surface area (Å²) in [6.45, 7) is 3.20. The molecule has 1 saturated carbocycles. The molecule has 1 fully saturated rings. The van der Waals surface area contributed by atoms with Gasteiger partial charge in [0.1, 0.15) is 0 Å². The first-order chi connectivity index (χ1) is 9.26. The molecule has 0 spiro atoms. The third kappa shape index (κ3) is 3.80. The zero-order valence-corrected chi connectivity index (χ0v) is 11.7. The monoisotopic (exact) mass is 260 g/mol. The van der Waals surface area contributed by atoms with E-state index in [0.29, 0.717) is 12.5 Å². The standard InChI is InChI=1S/C16H24N2O/c1-2-9-18-16(19)14(11-17)10-13-5-3-4-6-15(13)12-7-8-12/h3-6,12,14H,2,7-11,17H2,1H3,(H,18,19). The van der Waals surface area contributed by atoms with Gasteiger partial charge >= 0.3 is 0 Å². The average Bonchev–Trinajstić information content (AvgIpc) is 3.27. The highest BCUT2D eigenvalue weighted by molar-refractivity contribution is 5.79. The number of amides is 1. The second-order valence-electron chi connectivity index (χ2n) is 5.40. The molecular weight excluding hydrogens is 236 g/mol. The Morgan fingerprint density at radius 2 is 2.16 bits per heavy atom. The van der Waals surface area contributed by atoms with Crippen molar-refractivity contribution in [1.29, 1.82) is 0 Å². The van der Waals surface area contributed by atoms with Gasteiger partial charge in [0.25, 0.3) is 0 Å². The SMILES string of the molecule is CCCNC(=O)C(CN)Cc1ccccc1C1CC1. The van der Waals surface area contributed by atoms with Crippen molar-refractivity contribution in [1.82, 2.24) is 5.32 Å². The molecule has 1 unspecified atom stereocenters. The minimum Gasteiger partial charge on any atom is -0.356 e. The first-order valence-corrected chi connectivity index (χ1v) is 7.31. The van der Waals surface area contributed by atoms with E-state index < -0.39 is 0 Å². The van der Waals surface area contributed by atoms with Gasteiger partial charge in [0.05, 0.1) is 5.92 Å². The summed E-state index contributed by atoms with van der Waals surface area (Å²) in [6, 6.07) is 8.48. The Morgan fingerprint density at radius 3 is 2.79 bits per heavy atom. The molecular formula is C16H24N2O. The van der Waals surface area contributed by atoms with Crippen molar-refractivity contribution in [2.45, 2.75) is 38.5 Å². The summed E-state index contributed by atoms with van der Waals surface area (Å²) >= 11 is 0. The molecule has 0 heterocycles. The molecule has 3 N–H and O–H groups in total. The molecule has 1 atom stereocenters. The van der Waals surface area contributed by atoms with Crippen LogP contribution in [0.3, 0.4) is 0 Å². The van der Waals surface area contributed by atoms with E-state index in [1.807, 2.05) is 0 Å². The third-order valence-corrected chi connectivity index (χ3v) is 3.74. The number of nitrogens with two attached hydrogens (primary N) is 1. The van der Waals surface area contributed by atoms with Gasteiger partial charge < -0.3 is 11.1 Å². The quantitative estimate of drug-likeness (QED) is 0.789. The minimum atomic E-state index is -0.105. The minimum absolute atomic E-state index is 0.0925. The van der Waals surface area contributed by atoms with Gasteiger partial charge in [0, 0.05) is 13.1 Å². The van der Waals surface area contributed by atoms with Crippen molar-refractivity contribution >= 4 is 5.91 Å². The number of carbonyl (C=O) groups is 1. The molecule has 0 aliphatic heterocycles. The zero-order chi connectivity index (χ0) is 13.7. The van der Waals surface area contributed by atoms with Gasteiger partial charge in [-0.3, -0.25) is 4.79 Å². The number of benzene rings is 1. The summed E-state index contributed by atoms with van der Waals surface area (Å²) in [5.74, 6) is 0.703. The van der Waals surface area contributed by atoms with Gasteiger partial charge in [-0.05, 0) is 42.7 Å². The molecule has 0 saturated heterocycles. The van der Waals surface area contributed by atoms with Crippen molar-refractivity contribution in [2.24, 2.45) is 11.7 Å². The smallest absolute Gasteiger partial charge is 0.224 e. The van der Waals surface area contributed by atoms with Crippen LogP contribution in [0.15, 0.2) is 24.3 Å². The van der Waals surface area contributed by atoms with Crippen LogP contribution in [0.1, 0.15) is 43.2 Å². The summed E-state index contributed by atoms with van der Waals surface area (Å²) in [6.07, 6.45) is 4.29. The molecule has 1 aliphatic carbocycles. The third-order valence-electron chi connectivity index (χ3n) is 3.74. The van der Waals surface area contributed by atoms with Crippen molar-refractivity contribution in [3.63, 3.8) is 0 Å². The molecule has 3 nitrogen and oxygen atoms in total. The average molecular weight is 260 g/mol. The lowest BCUT2D eigenvalue weighted by Gasteiger charge is -2.17. The highest BCUT2D eigenvalue weighted by Gasteiger charge is 2.27. The van der Waals surface area contributed by atoms with Crippen LogP contribution in [0, 0.1) is 5.92 Å². The molecule has 1 amide bonds. The first kappa shape index (κ1) is 14.1. The van der Waals surface area contributed by atoms with Crippen LogP contribution in [0.2, 0.25) is 0 Å². The molecule has 1 aromatic carbocycles. The molecule has 0 bridgehead atoms. The number of carbonyl (C=O) groups excluding carboxylic acids is 1. The number of hydrogen-bond donors (Lipinski definition) is 2. The number of nitrogens with one attached hydrogen (secondary N) is 1. The normalized spacial score (nSPS) is 16.1. The topological polar surface area (TPSA) is 55.1 Å². The summed E-state index contributed by atoms with van der Waals surface area (Å²) in [5, 5.41) is 2.95. The van der Waals surface area contributed by atoms with Crippen LogP contribution < -0.4 is 11.1 Å². The van der Waals surface area contributed by atoms with Crippen molar-refractivity contribution in [3.8, 4) is 0 Å². The maximum atomic E-state index is 12.0. The highest BCUT2D eigenvalue weighted by atomic mass is 16.1. The van der Waals surface area contributed by atoms with Gasteiger partial charge in [-0.1, -0.05) is 31.2 Å². The van der Waals surface area contributed by atoms with Crippen LogP contribution >= 0.6 is 0 Å². The number of rotatable bonds is 7. The van der Waals surface area contributed by atoms with E-state index in [-0.39, 0.29) is 11.8 Å². The first-order valence-electron chi connectivity index (χ1n) is 7.31. The highest BCUT2D eigenvalue weighted by Crippen LogP contribution is 2.41. The molecule has 0 aromatic heterocycles. The van der Waals surface area contributed by atoms with E-state index in [0.717, 1.165) is 19.4 Å². The van der Waals surface area contributed by atoms with Crippen LogP contribution in [-0.4, -0.2) is 19.0 Å². The van der Waals surface area contributed by atoms with Crippen molar-refractivity contribution in [3.05, 3.63) is 35.4 Å². The van der Waals surface area contributed by atoms with E-state index in [2.05, 4.69) is 36.5 Å². The Kier molecular flexibility index (Phi) is 4.97. The van der Waals surface area contributed by atoms with Gasteiger partial charge in [-0.2, -0.15) is 0 Å². The second kappa shape index (κ2) is 6.71. The fourth-order valence-electron chi connectivity index (χ4n) is 2.45. The summed E-state index contributed by atoms with van der Waals surface area (Å²) in [7, 11) is 0. The molecule has 0 radical (unpaired) electrons. The Balaban J connectivity index is 2.03. The van der Waals surface area contributed by atoms with Gasteiger partial charge in [0.2, 0.25) is 5.91 Å². The largest absolute Gasteiger partial charge is 0.356 e. The lowest BCUT2D eigenvalue weighted by atomic mass is 9.93. The van der Waals surface area contributed by atoms with E-state index in [1.54, 1.807) is 0 Å². The zero-order valence-electron chi connectivity index (χ0n) is 11.7. The lowest BCUT2D eigenvalue weighted by molar-refractivity contribution is -0.124. The fourth-order valence-corrected chi connectivity index (χ4v) is 2.45. The van der Waals surface area contributed by atoms with Crippen LogP contribution in [0.5, 0.6) is 0 Å². The predicted molar refractivity (Wildman–Crippen MR) is 78.0 cm³/mol. The molecule has 19 heavy (non-hydrogen) atoms. The van der Waals surface area contributed by atoms with Crippen LogP contribution in [0.4, 0.5) is 0 Å². The Morgan fingerprint density at radius 1 is 1.42 bits per heavy atom. The molecule has 2 rings (SSSR count). The van der Waals surface area contributed by atoms with Crippen LogP contribution in [-0.2, 0) is 11.2 Å². The molecule has 1 aliphatic rings. The number of hydrogen-bond acceptors (Lipinski definition) is 2. The van der Waals surface area contributed by atoms with E-state index in [9.17, 15) is 4.79 Å². The summed E-state index contributed by atoms with van der Waals surface area (Å²) in [5.41, 5.74) is 8.49. The van der Waals surface area contributed by atoms with Gasteiger partial charge in [-0.25, -0.2) is 0 Å². The van der Waals surface area contributed by atoms with Gasteiger partial charge in [-0.15, -0.1) is 0 Å². The van der Waals surface area contributed by atoms with E-state index >= 15 is 0 Å². The van der Waals surface area contributed by atoms with Crippen molar-refractivity contribution < 1.29 is 4.79 Å². The lowest BCUT2D eigenvalue weighted by Crippen LogP contribution is -2.36. The maximum Gasteiger partial charge on any atom is 0.224 e. The molecule has 1 aromatic rings. The Bertz CT molecular complexity index is 427.